The third-order valence-corrected chi connectivity index (χ3v) is 4.23. The van der Waals surface area contributed by atoms with Gasteiger partial charge in [-0.3, -0.25) is 0 Å². The van der Waals surface area contributed by atoms with Crippen molar-refractivity contribution in [2.75, 3.05) is 0 Å². The molecule has 0 saturated carbocycles. The zero-order chi connectivity index (χ0) is 18.8. The molecule has 134 valence electrons. The molecule has 0 aromatic carbocycles. The van der Waals surface area contributed by atoms with E-state index in [1.165, 1.54) is 6.07 Å². The average molecular weight is 361 g/mol. The summed E-state index contributed by atoms with van der Waals surface area (Å²) in [5.41, 5.74) is 3.35. The smallest absolute Gasteiger partial charge is 0.213 e. The van der Waals surface area contributed by atoms with Crippen molar-refractivity contribution in [1.82, 2.24) is 29.1 Å². The zero-order valence-electron chi connectivity index (χ0n) is 14.7. The van der Waals surface area contributed by atoms with Gasteiger partial charge in [0.15, 0.2) is 17.2 Å². The Balaban J connectivity index is 1.76. The quantitative estimate of drug-likeness (QED) is 0.510. The van der Waals surface area contributed by atoms with Gasteiger partial charge in [-0.25, -0.2) is 19.5 Å². The first-order valence-electron chi connectivity index (χ1n) is 8.60. The Morgan fingerprint density at radius 3 is 2.93 bits per heavy atom. The van der Waals surface area contributed by atoms with Crippen LogP contribution in [0.1, 0.15) is 30.3 Å². The fourth-order valence-electron chi connectivity index (χ4n) is 3.03. The molecule has 0 radical (unpaired) electrons. The molecule has 0 unspecified atom stereocenters. The van der Waals surface area contributed by atoms with Crippen LogP contribution in [0.4, 0.5) is 4.39 Å². The van der Waals surface area contributed by atoms with E-state index in [1.54, 1.807) is 29.0 Å². The van der Waals surface area contributed by atoms with E-state index in [-0.39, 0.29) is 0 Å². The Morgan fingerprint density at radius 1 is 1.26 bits per heavy atom. The number of pyridine rings is 1. The maximum Gasteiger partial charge on any atom is 0.213 e. The predicted molar refractivity (Wildman–Crippen MR) is 96.2 cm³/mol. The summed E-state index contributed by atoms with van der Waals surface area (Å²) < 4.78 is 17.0. The summed E-state index contributed by atoms with van der Waals surface area (Å²) in [7, 11) is 0. The van der Waals surface area contributed by atoms with Gasteiger partial charge in [0.1, 0.15) is 11.8 Å². The number of hydrogen-bond acceptors (Lipinski definition) is 5. The van der Waals surface area contributed by atoms with Gasteiger partial charge in [-0.1, -0.05) is 19.4 Å². The number of fused-ring (bicyclic) bond motifs is 1. The second-order valence-electron chi connectivity index (χ2n) is 6.13. The van der Waals surface area contributed by atoms with E-state index in [0.29, 0.717) is 29.4 Å². The number of imidazole rings is 2. The van der Waals surface area contributed by atoms with Gasteiger partial charge in [0, 0.05) is 12.4 Å². The van der Waals surface area contributed by atoms with Gasteiger partial charge >= 0.3 is 0 Å². The summed E-state index contributed by atoms with van der Waals surface area (Å²) >= 11 is 0. The Kier molecular flexibility index (Phi) is 4.34. The molecule has 4 rings (SSSR count). The summed E-state index contributed by atoms with van der Waals surface area (Å²) in [6.45, 7) is 2.55. The Bertz CT molecular complexity index is 1150. The molecule has 0 aliphatic carbocycles. The molecule has 7 nitrogen and oxygen atoms in total. The molecular weight excluding hydrogens is 345 g/mol. The van der Waals surface area contributed by atoms with Crippen molar-refractivity contribution in [2.45, 2.75) is 26.3 Å². The van der Waals surface area contributed by atoms with Crippen molar-refractivity contribution in [2.24, 2.45) is 0 Å². The first-order chi connectivity index (χ1) is 13.2. The summed E-state index contributed by atoms with van der Waals surface area (Å²) in [6.07, 6.45) is 6.88. The highest BCUT2D eigenvalue weighted by molar-refractivity contribution is 5.50. The number of nitrogens with zero attached hydrogens (tertiary/aromatic N) is 7. The lowest BCUT2D eigenvalue weighted by molar-refractivity contribution is 0.584. The van der Waals surface area contributed by atoms with E-state index in [9.17, 15) is 4.39 Å². The monoisotopic (exact) mass is 361 g/mol. The van der Waals surface area contributed by atoms with Gasteiger partial charge in [0.05, 0.1) is 18.4 Å². The molecule has 4 heterocycles. The molecule has 0 aliphatic rings. The average Bonchev–Trinajstić information content (AvgIpc) is 3.28. The van der Waals surface area contributed by atoms with Gasteiger partial charge in [-0.05, 0) is 30.2 Å². The summed E-state index contributed by atoms with van der Waals surface area (Å²) in [6, 6.07) is 8.64. The van der Waals surface area contributed by atoms with E-state index in [2.05, 4.69) is 27.0 Å². The van der Waals surface area contributed by atoms with Crippen LogP contribution in [0.15, 0.2) is 42.9 Å². The Morgan fingerprint density at radius 2 is 2.15 bits per heavy atom. The molecule has 0 atom stereocenters. The Hall–Kier alpha value is -3.60. The van der Waals surface area contributed by atoms with Gasteiger partial charge < -0.3 is 4.57 Å². The second kappa shape index (κ2) is 6.96. The van der Waals surface area contributed by atoms with Crippen molar-refractivity contribution in [3.63, 3.8) is 0 Å². The van der Waals surface area contributed by atoms with E-state index < -0.39 is 5.95 Å². The lowest BCUT2D eigenvalue weighted by Crippen LogP contribution is -2.10. The molecule has 4 aromatic rings. The molecule has 0 aliphatic heterocycles. The van der Waals surface area contributed by atoms with E-state index in [0.717, 1.165) is 24.1 Å². The first kappa shape index (κ1) is 16.8. The van der Waals surface area contributed by atoms with Crippen LogP contribution in [0.5, 0.6) is 0 Å². The highest BCUT2D eigenvalue weighted by atomic mass is 19.1. The van der Waals surface area contributed by atoms with Crippen LogP contribution in [0.25, 0.3) is 17.2 Å². The fourth-order valence-corrected chi connectivity index (χ4v) is 3.03. The largest absolute Gasteiger partial charge is 0.324 e. The topological polar surface area (TPSA) is 84.7 Å². The maximum absolute atomic E-state index is 13.5. The number of rotatable bonds is 5. The number of aryl methyl sites for hydroxylation is 1. The van der Waals surface area contributed by atoms with Crippen molar-refractivity contribution in [1.29, 1.82) is 5.26 Å². The highest BCUT2D eigenvalue weighted by Gasteiger charge is 2.14. The van der Waals surface area contributed by atoms with Gasteiger partial charge in [-0.2, -0.15) is 14.8 Å². The molecule has 8 heteroatoms. The van der Waals surface area contributed by atoms with Crippen LogP contribution < -0.4 is 0 Å². The van der Waals surface area contributed by atoms with Gasteiger partial charge in [0.2, 0.25) is 5.95 Å². The van der Waals surface area contributed by atoms with Crippen molar-refractivity contribution < 1.29 is 4.39 Å². The molecule has 0 N–H and O–H groups in total. The maximum atomic E-state index is 13.5. The minimum atomic E-state index is -0.546. The third-order valence-electron chi connectivity index (χ3n) is 4.23. The number of nitriles is 1. The molecular formula is C19H16FN7. The van der Waals surface area contributed by atoms with Gasteiger partial charge in [-0.15, -0.1) is 0 Å². The van der Waals surface area contributed by atoms with E-state index in [1.807, 2.05) is 22.9 Å². The van der Waals surface area contributed by atoms with Crippen LogP contribution in [0.3, 0.4) is 0 Å². The number of hydrogen-bond donors (Lipinski definition) is 0. The third kappa shape index (κ3) is 3.27. The van der Waals surface area contributed by atoms with Gasteiger partial charge in [0.25, 0.3) is 0 Å². The van der Waals surface area contributed by atoms with E-state index >= 15 is 0 Å². The van der Waals surface area contributed by atoms with Crippen LogP contribution in [0, 0.1) is 17.3 Å². The fraction of sp³-hybridized carbons (Fsp3) is 0.211. The summed E-state index contributed by atoms with van der Waals surface area (Å²) in [4.78, 5) is 12.5. The lowest BCUT2D eigenvalue weighted by Gasteiger charge is -2.11. The van der Waals surface area contributed by atoms with Crippen LogP contribution in [-0.2, 0) is 13.0 Å². The van der Waals surface area contributed by atoms with Crippen LogP contribution >= 0.6 is 0 Å². The standard InChI is InChI=1S/C19H16FN7/c1-2-4-13-9-18-23-14(10-21)11-27(18)25-16(13)12-26-8-7-22-19(26)15-5-3-6-17(20)24-15/h3,5-9,11H,2,4,12H2,1H3. The van der Waals surface area contributed by atoms with Crippen LogP contribution in [0.2, 0.25) is 0 Å². The van der Waals surface area contributed by atoms with Crippen LogP contribution in [-0.4, -0.2) is 29.1 Å². The molecule has 0 amide bonds. The summed E-state index contributed by atoms with van der Waals surface area (Å²) in [5.74, 6) is 0.0258. The molecule has 27 heavy (non-hydrogen) atoms. The number of halogens is 1. The van der Waals surface area contributed by atoms with Crippen molar-refractivity contribution in [3.8, 4) is 17.6 Å². The SMILES string of the molecule is CCCc1cc2nc(C#N)cn2nc1Cn1ccnc1-c1cccc(F)n1. The second-order valence-corrected chi connectivity index (χ2v) is 6.13. The molecule has 0 saturated heterocycles. The zero-order valence-corrected chi connectivity index (χ0v) is 14.7. The minimum Gasteiger partial charge on any atom is -0.324 e. The lowest BCUT2D eigenvalue weighted by atomic mass is 10.1. The predicted octanol–water partition coefficient (Wildman–Crippen LogP) is 3.00. The molecule has 0 spiro atoms. The molecule has 0 bridgehead atoms. The molecule has 0 fully saturated rings. The normalized spacial score (nSPS) is 11.0. The first-order valence-corrected chi connectivity index (χ1v) is 8.60. The van der Waals surface area contributed by atoms with Crippen molar-refractivity contribution in [3.05, 3.63) is 65.8 Å². The number of aromatic nitrogens is 6. The summed E-state index contributed by atoms with van der Waals surface area (Å²) in [5, 5.41) is 13.7. The van der Waals surface area contributed by atoms with Crippen molar-refractivity contribution >= 4 is 5.65 Å². The highest BCUT2D eigenvalue weighted by Crippen LogP contribution is 2.19. The minimum absolute atomic E-state index is 0.328. The Labute approximate surface area is 154 Å². The van der Waals surface area contributed by atoms with E-state index in [4.69, 9.17) is 5.26 Å². The molecule has 4 aromatic heterocycles.